The zero-order valence-corrected chi connectivity index (χ0v) is 7.57. The van der Waals surface area contributed by atoms with Crippen molar-refractivity contribution in [2.75, 3.05) is 32.1 Å². The largest absolute Gasteiger partial charge is 0.343 e. The van der Waals surface area contributed by atoms with Crippen molar-refractivity contribution in [2.24, 2.45) is 0 Å². The second-order valence-electron chi connectivity index (χ2n) is 2.73. The van der Waals surface area contributed by atoms with Crippen LogP contribution < -0.4 is 0 Å². The molecule has 0 atom stereocenters. The van der Waals surface area contributed by atoms with Gasteiger partial charge in [0.1, 0.15) is 0 Å². The molecule has 1 fully saturated rings. The number of hydrogen-bond acceptors (Lipinski definition) is 4. The first-order valence-corrected chi connectivity index (χ1v) is 5.12. The Kier molecular flexibility index (Phi) is 3.48. The van der Waals surface area contributed by atoms with Crippen molar-refractivity contribution in [1.82, 2.24) is 9.80 Å². The molecule has 1 amide bonds. The Bertz CT molecular complexity index is 213. The molecule has 1 aliphatic rings. The Morgan fingerprint density at radius 3 is 2.17 bits per heavy atom. The lowest BCUT2D eigenvalue weighted by molar-refractivity contribution is -0.119. The lowest BCUT2D eigenvalue weighted by Crippen LogP contribution is -2.46. The maximum absolute atomic E-state index is 10.3. The lowest BCUT2D eigenvalue weighted by atomic mass is 10.4. The summed E-state index contributed by atoms with van der Waals surface area (Å²) < 4.78 is 20.7. The Morgan fingerprint density at radius 1 is 1.17 bits per heavy atom. The van der Waals surface area contributed by atoms with Crippen molar-refractivity contribution in [3.63, 3.8) is 0 Å². The van der Waals surface area contributed by atoms with Crippen molar-refractivity contribution in [3.8, 4) is 0 Å². The normalized spacial score (nSPS) is 19.9. The second-order valence-corrected chi connectivity index (χ2v) is 3.68. The minimum absolute atomic E-state index is 0.113. The van der Waals surface area contributed by atoms with E-state index < -0.39 is 10.7 Å². The molecular formula is C6H12N2O3S. The molecule has 0 radical (unpaired) electrons. The van der Waals surface area contributed by atoms with E-state index in [-0.39, 0.29) is 5.88 Å². The minimum atomic E-state index is -2.32. The van der Waals surface area contributed by atoms with Gasteiger partial charge in [-0.25, -0.2) is 8.42 Å². The molecule has 0 aromatic heterocycles. The first-order valence-electron chi connectivity index (χ1n) is 3.76. The van der Waals surface area contributed by atoms with Crippen LogP contribution >= 0.6 is 0 Å². The Morgan fingerprint density at radius 2 is 1.75 bits per heavy atom. The van der Waals surface area contributed by atoms with Gasteiger partial charge in [0, 0.05) is 26.2 Å². The van der Waals surface area contributed by atoms with E-state index in [1.807, 2.05) is 4.90 Å². The average Bonchev–Trinajstić information content (AvgIpc) is 2.05. The van der Waals surface area contributed by atoms with Crippen LogP contribution in [-0.2, 0) is 15.5 Å². The summed E-state index contributed by atoms with van der Waals surface area (Å²) in [4.78, 5) is 13.7. The summed E-state index contributed by atoms with van der Waals surface area (Å²) in [6.45, 7) is 2.57. The zero-order chi connectivity index (χ0) is 8.97. The number of hydrogen-bond donors (Lipinski definition) is 1. The molecule has 1 saturated heterocycles. The third-order valence-electron chi connectivity index (χ3n) is 1.87. The number of carbonyl (C=O) groups excluding carboxylic acids is 1. The van der Waals surface area contributed by atoms with Crippen molar-refractivity contribution >= 4 is 17.1 Å². The van der Waals surface area contributed by atoms with Gasteiger partial charge in [0.15, 0.2) is 10.7 Å². The molecule has 1 aliphatic heterocycles. The second kappa shape index (κ2) is 4.42. The number of thiol groups is 1. The summed E-state index contributed by atoms with van der Waals surface area (Å²) in [7, 11) is -2.32. The topological polar surface area (TPSA) is 57.7 Å². The molecule has 1 rings (SSSR count). The van der Waals surface area contributed by atoms with Crippen LogP contribution in [0.1, 0.15) is 0 Å². The fraction of sp³-hybridized carbons (Fsp3) is 0.833. The summed E-state index contributed by atoms with van der Waals surface area (Å²) in [5, 5.41) is 0. The zero-order valence-electron chi connectivity index (χ0n) is 6.68. The first-order chi connectivity index (χ1) is 5.72. The van der Waals surface area contributed by atoms with E-state index in [0.29, 0.717) is 26.2 Å². The molecule has 6 heteroatoms. The third kappa shape index (κ3) is 2.78. The van der Waals surface area contributed by atoms with Crippen LogP contribution in [-0.4, -0.2) is 56.7 Å². The Balaban J connectivity index is 2.30. The van der Waals surface area contributed by atoms with Crippen LogP contribution in [0.4, 0.5) is 0 Å². The van der Waals surface area contributed by atoms with Gasteiger partial charge in [-0.3, -0.25) is 9.69 Å². The minimum Gasteiger partial charge on any atom is -0.343 e. The highest BCUT2D eigenvalue weighted by atomic mass is 32.2. The van der Waals surface area contributed by atoms with Crippen molar-refractivity contribution in [2.45, 2.75) is 0 Å². The van der Waals surface area contributed by atoms with Crippen molar-refractivity contribution in [1.29, 1.82) is 0 Å². The Labute approximate surface area is 72.9 Å². The highest BCUT2D eigenvalue weighted by Crippen LogP contribution is 1.98. The summed E-state index contributed by atoms with van der Waals surface area (Å²) in [5.74, 6) is 0.113. The van der Waals surface area contributed by atoms with Crippen molar-refractivity contribution < 1.29 is 13.2 Å². The number of amides is 1. The van der Waals surface area contributed by atoms with Gasteiger partial charge in [-0.2, -0.15) is 0 Å². The van der Waals surface area contributed by atoms with Gasteiger partial charge in [-0.1, -0.05) is 0 Å². The van der Waals surface area contributed by atoms with Crippen LogP contribution in [0.15, 0.2) is 0 Å². The fourth-order valence-electron chi connectivity index (χ4n) is 1.17. The SMILES string of the molecule is O=CN1CCN(C[SH](=O)=O)CC1. The Hall–Kier alpha value is -0.620. The molecule has 1 heterocycles. The fourth-order valence-corrected chi connectivity index (χ4v) is 1.78. The predicted molar refractivity (Wildman–Crippen MR) is 44.4 cm³/mol. The molecule has 12 heavy (non-hydrogen) atoms. The standard InChI is InChI=1S/C6H12N2O3S/c9-5-7-1-3-8(4-2-7)6-12(10)11/h5,12H,1-4,6H2. The quantitative estimate of drug-likeness (QED) is 0.429. The van der Waals surface area contributed by atoms with Crippen LogP contribution in [0.5, 0.6) is 0 Å². The summed E-state index contributed by atoms with van der Waals surface area (Å²) in [5.41, 5.74) is 0. The molecule has 0 unspecified atom stereocenters. The molecule has 0 aromatic rings. The molecule has 0 saturated carbocycles. The molecule has 0 spiro atoms. The summed E-state index contributed by atoms with van der Waals surface area (Å²) in [6, 6.07) is 0. The maximum atomic E-state index is 10.3. The maximum Gasteiger partial charge on any atom is 0.209 e. The number of nitrogens with zero attached hydrogens (tertiary/aromatic N) is 2. The van der Waals surface area contributed by atoms with Gasteiger partial charge in [0.05, 0.1) is 5.88 Å². The van der Waals surface area contributed by atoms with E-state index in [4.69, 9.17) is 0 Å². The van der Waals surface area contributed by atoms with E-state index in [1.54, 1.807) is 4.90 Å². The molecule has 70 valence electrons. The van der Waals surface area contributed by atoms with Crippen LogP contribution in [0.3, 0.4) is 0 Å². The van der Waals surface area contributed by atoms with Crippen LogP contribution in [0, 0.1) is 0 Å². The molecule has 5 nitrogen and oxygen atoms in total. The lowest BCUT2D eigenvalue weighted by Gasteiger charge is -2.30. The van der Waals surface area contributed by atoms with Crippen molar-refractivity contribution in [3.05, 3.63) is 0 Å². The highest BCUT2D eigenvalue weighted by Gasteiger charge is 2.14. The monoisotopic (exact) mass is 192 g/mol. The van der Waals surface area contributed by atoms with Crippen LogP contribution in [0.25, 0.3) is 0 Å². The molecule has 0 bridgehead atoms. The van der Waals surface area contributed by atoms with Gasteiger partial charge in [0.25, 0.3) is 0 Å². The number of piperazine rings is 1. The van der Waals surface area contributed by atoms with Gasteiger partial charge < -0.3 is 4.90 Å². The van der Waals surface area contributed by atoms with E-state index >= 15 is 0 Å². The van der Waals surface area contributed by atoms with E-state index in [1.165, 1.54) is 0 Å². The van der Waals surface area contributed by atoms with Gasteiger partial charge in [-0.05, 0) is 0 Å². The van der Waals surface area contributed by atoms with E-state index in [2.05, 4.69) is 0 Å². The molecule has 0 aliphatic carbocycles. The summed E-state index contributed by atoms with van der Waals surface area (Å²) in [6.07, 6.45) is 0.800. The first kappa shape index (κ1) is 9.47. The van der Waals surface area contributed by atoms with Gasteiger partial charge in [-0.15, -0.1) is 0 Å². The van der Waals surface area contributed by atoms with E-state index in [0.717, 1.165) is 6.41 Å². The number of carbonyl (C=O) groups is 1. The van der Waals surface area contributed by atoms with E-state index in [9.17, 15) is 13.2 Å². The third-order valence-corrected chi connectivity index (χ3v) is 2.50. The predicted octanol–water partition coefficient (Wildman–Crippen LogP) is -1.67. The average molecular weight is 192 g/mol. The molecular weight excluding hydrogens is 180 g/mol. The molecule has 0 aromatic carbocycles. The smallest absolute Gasteiger partial charge is 0.209 e. The summed E-state index contributed by atoms with van der Waals surface area (Å²) >= 11 is 0. The number of rotatable bonds is 3. The molecule has 0 N–H and O–H groups in total. The van der Waals surface area contributed by atoms with Gasteiger partial charge >= 0.3 is 0 Å². The highest BCUT2D eigenvalue weighted by molar-refractivity contribution is 7.72. The van der Waals surface area contributed by atoms with Gasteiger partial charge in [0.2, 0.25) is 6.41 Å². The van der Waals surface area contributed by atoms with Crippen LogP contribution in [0.2, 0.25) is 0 Å².